The zero-order valence-corrected chi connectivity index (χ0v) is 13.9. The maximum absolute atomic E-state index is 11.9. The van der Waals surface area contributed by atoms with E-state index < -0.39 is 11.8 Å². The zero-order valence-electron chi connectivity index (χ0n) is 13.9. The fourth-order valence-electron chi connectivity index (χ4n) is 2.01. The van der Waals surface area contributed by atoms with Crippen molar-refractivity contribution in [1.29, 1.82) is 0 Å². The van der Waals surface area contributed by atoms with E-state index in [-0.39, 0.29) is 5.75 Å². The number of phenols is 1. The van der Waals surface area contributed by atoms with Gasteiger partial charge in [0.15, 0.2) is 0 Å². The van der Waals surface area contributed by atoms with E-state index in [1.54, 1.807) is 49.4 Å². The molecule has 0 fully saturated rings. The van der Waals surface area contributed by atoms with Gasteiger partial charge >= 0.3 is 11.8 Å². The fourth-order valence-corrected chi connectivity index (χ4v) is 2.01. The Morgan fingerprint density at radius 1 is 1.08 bits per heavy atom. The lowest BCUT2D eigenvalue weighted by atomic mass is 10.1. The van der Waals surface area contributed by atoms with Crippen molar-refractivity contribution in [3.63, 3.8) is 0 Å². The van der Waals surface area contributed by atoms with E-state index in [9.17, 15) is 14.7 Å². The highest BCUT2D eigenvalue weighted by Crippen LogP contribution is 2.16. The third kappa shape index (κ3) is 5.07. The highest BCUT2D eigenvalue weighted by Gasteiger charge is 2.13. The zero-order chi connectivity index (χ0) is 18.2. The molecule has 0 atom stereocenters. The van der Waals surface area contributed by atoms with Crippen LogP contribution in [0.2, 0.25) is 0 Å². The summed E-state index contributed by atoms with van der Waals surface area (Å²) >= 11 is 0. The molecule has 2 aromatic carbocycles. The molecule has 2 aromatic rings. The van der Waals surface area contributed by atoms with E-state index >= 15 is 0 Å². The van der Waals surface area contributed by atoms with Gasteiger partial charge in [0.25, 0.3) is 0 Å². The first-order valence-electron chi connectivity index (χ1n) is 7.68. The second kappa shape index (κ2) is 8.49. The minimum atomic E-state index is -0.913. The Hall–Kier alpha value is -3.35. The van der Waals surface area contributed by atoms with E-state index in [0.29, 0.717) is 29.3 Å². The molecule has 2 amide bonds. The molecule has 0 heterocycles. The second-order valence-corrected chi connectivity index (χ2v) is 5.07. The minimum absolute atomic E-state index is 0.0387. The van der Waals surface area contributed by atoms with Crippen LogP contribution in [0.4, 0.5) is 5.69 Å². The van der Waals surface area contributed by atoms with Crippen LogP contribution in [0.3, 0.4) is 0 Å². The molecule has 7 heteroatoms. The molecule has 0 aliphatic heterocycles. The first-order chi connectivity index (χ1) is 12.0. The molecule has 7 nitrogen and oxygen atoms in total. The maximum atomic E-state index is 11.9. The minimum Gasteiger partial charge on any atom is -0.507 e. The van der Waals surface area contributed by atoms with Crippen LogP contribution in [0.5, 0.6) is 11.5 Å². The van der Waals surface area contributed by atoms with Gasteiger partial charge in [0.2, 0.25) is 0 Å². The molecule has 25 heavy (non-hydrogen) atoms. The molecular weight excluding hydrogens is 322 g/mol. The van der Waals surface area contributed by atoms with Crippen molar-refractivity contribution in [2.24, 2.45) is 5.10 Å². The normalized spacial score (nSPS) is 10.9. The van der Waals surface area contributed by atoms with Crippen molar-refractivity contribution < 1.29 is 19.4 Å². The van der Waals surface area contributed by atoms with E-state index in [4.69, 9.17) is 4.74 Å². The number of amides is 2. The molecule has 0 saturated heterocycles. The number of benzene rings is 2. The largest absolute Gasteiger partial charge is 0.507 e. The van der Waals surface area contributed by atoms with Crippen LogP contribution in [-0.2, 0) is 9.59 Å². The van der Waals surface area contributed by atoms with Gasteiger partial charge in [-0.1, -0.05) is 12.1 Å². The lowest BCUT2D eigenvalue weighted by molar-refractivity contribution is -0.136. The van der Waals surface area contributed by atoms with Crippen molar-refractivity contribution in [1.82, 2.24) is 5.43 Å². The molecule has 2 rings (SSSR count). The number of nitrogens with one attached hydrogen (secondary N) is 2. The standard InChI is InChI=1S/C18H19N3O4/c1-3-25-14-10-8-13(9-11-14)19-17(23)18(24)21-20-12(2)15-6-4-5-7-16(15)22/h4-11,22H,3H2,1-2H3,(H,19,23)(H,21,24). The third-order valence-electron chi connectivity index (χ3n) is 3.25. The Morgan fingerprint density at radius 3 is 2.40 bits per heavy atom. The fraction of sp³-hybridized carbons (Fsp3) is 0.167. The number of para-hydroxylation sites is 1. The number of aromatic hydroxyl groups is 1. The number of carbonyl (C=O) groups is 2. The van der Waals surface area contributed by atoms with Gasteiger partial charge in [-0.15, -0.1) is 0 Å². The Labute approximate surface area is 145 Å². The van der Waals surface area contributed by atoms with Crippen LogP contribution in [-0.4, -0.2) is 29.2 Å². The predicted molar refractivity (Wildman–Crippen MR) is 94.7 cm³/mol. The third-order valence-corrected chi connectivity index (χ3v) is 3.25. The Kier molecular flexibility index (Phi) is 6.11. The summed E-state index contributed by atoms with van der Waals surface area (Å²) in [6.45, 7) is 4.03. The number of phenolic OH excluding ortho intramolecular Hbond substituents is 1. The van der Waals surface area contributed by atoms with Gasteiger partial charge in [-0.3, -0.25) is 9.59 Å². The maximum Gasteiger partial charge on any atom is 0.329 e. The topological polar surface area (TPSA) is 100 Å². The quantitative estimate of drug-likeness (QED) is 0.441. The summed E-state index contributed by atoms with van der Waals surface area (Å²) < 4.78 is 5.30. The Morgan fingerprint density at radius 2 is 1.76 bits per heavy atom. The van der Waals surface area contributed by atoms with Gasteiger partial charge in [0, 0.05) is 11.3 Å². The van der Waals surface area contributed by atoms with Crippen molar-refractivity contribution in [2.45, 2.75) is 13.8 Å². The molecular formula is C18H19N3O4. The number of hydrogen-bond donors (Lipinski definition) is 3. The second-order valence-electron chi connectivity index (χ2n) is 5.07. The van der Waals surface area contributed by atoms with Gasteiger partial charge in [-0.25, -0.2) is 5.43 Å². The van der Waals surface area contributed by atoms with E-state index in [1.807, 2.05) is 6.92 Å². The average molecular weight is 341 g/mol. The van der Waals surface area contributed by atoms with Crippen LogP contribution >= 0.6 is 0 Å². The van der Waals surface area contributed by atoms with Crippen molar-refractivity contribution >= 4 is 23.2 Å². The number of hydrazone groups is 1. The molecule has 0 bridgehead atoms. The lowest BCUT2D eigenvalue weighted by Gasteiger charge is -2.07. The SMILES string of the molecule is CCOc1ccc(NC(=O)C(=O)NN=C(C)c2ccccc2O)cc1. The van der Waals surface area contributed by atoms with Crippen molar-refractivity contribution in [3.05, 3.63) is 54.1 Å². The Bertz CT molecular complexity index is 785. The van der Waals surface area contributed by atoms with Gasteiger partial charge in [-0.05, 0) is 50.2 Å². The summed E-state index contributed by atoms with van der Waals surface area (Å²) in [5, 5.41) is 16.0. The monoisotopic (exact) mass is 341 g/mol. The highest BCUT2D eigenvalue weighted by molar-refractivity contribution is 6.39. The number of anilines is 1. The van der Waals surface area contributed by atoms with Crippen LogP contribution in [0, 0.1) is 0 Å². The number of carbonyl (C=O) groups excluding carboxylic acids is 2. The molecule has 3 N–H and O–H groups in total. The number of rotatable bonds is 5. The summed E-state index contributed by atoms with van der Waals surface area (Å²) in [6.07, 6.45) is 0. The molecule has 0 unspecified atom stereocenters. The smallest absolute Gasteiger partial charge is 0.329 e. The summed E-state index contributed by atoms with van der Waals surface area (Å²) in [7, 11) is 0. The van der Waals surface area contributed by atoms with Gasteiger partial charge in [0.05, 0.1) is 12.3 Å². The molecule has 0 radical (unpaired) electrons. The number of hydrogen-bond acceptors (Lipinski definition) is 5. The van der Waals surface area contributed by atoms with Crippen LogP contribution in [0.25, 0.3) is 0 Å². The molecule has 0 aliphatic carbocycles. The molecule has 0 aromatic heterocycles. The summed E-state index contributed by atoms with van der Waals surface area (Å²) in [5.41, 5.74) is 3.47. The molecule has 0 aliphatic rings. The average Bonchev–Trinajstić information content (AvgIpc) is 2.61. The first kappa shape index (κ1) is 18.0. The summed E-state index contributed by atoms with van der Waals surface area (Å²) in [4.78, 5) is 23.7. The van der Waals surface area contributed by atoms with Crippen molar-refractivity contribution in [3.8, 4) is 11.5 Å². The van der Waals surface area contributed by atoms with E-state index in [1.165, 1.54) is 6.07 Å². The molecule has 0 saturated carbocycles. The van der Waals surface area contributed by atoms with E-state index in [2.05, 4.69) is 15.8 Å². The van der Waals surface area contributed by atoms with Crippen LogP contribution < -0.4 is 15.5 Å². The van der Waals surface area contributed by atoms with Gasteiger partial charge in [0.1, 0.15) is 11.5 Å². The number of ether oxygens (including phenoxy) is 1. The summed E-state index contributed by atoms with van der Waals surface area (Å²) in [6, 6.07) is 13.2. The summed E-state index contributed by atoms with van der Waals surface area (Å²) in [5.74, 6) is -1.05. The van der Waals surface area contributed by atoms with E-state index in [0.717, 1.165) is 0 Å². The van der Waals surface area contributed by atoms with Gasteiger partial charge in [-0.2, -0.15) is 5.10 Å². The number of nitrogens with zero attached hydrogens (tertiary/aromatic N) is 1. The predicted octanol–water partition coefficient (Wildman–Crippen LogP) is 2.27. The molecule has 130 valence electrons. The lowest BCUT2D eigenvalue weighted by Crippen LogP contribution is -2.32. The molecule has 0 spiro atoms. The Balaban J connectivity index is 1.95. The highest BCUT2D eigenvalue weighted by atomic mass is 16.5. The van der Waals surface area contributed by atoms with Crippen LogP contribution in [0.1, 0.15) is 19.4 Å². The van der Waals surface area contributed by atoms with Crippen LogP contribution in [0.15, 0.2) is 53.6 Å². The van der Waals surface area contributed by atoms with Crippen molar-refractivity contribution in [2.75, 3.05) is 11.9 Å². The first-order valence-corrected chi connectivity index (χ1v) is 7.68. The van der Waals surface area contributed by atoms with Gasteiger partial charge < -0.3 is 15.2 Å².